The van der Waals surface area contributed by atoms with Crippen LogP contribution in [0.3, 0.4) is 0 Å². The van der Waals surface area contributed by atoms with E-state index in [1.807, 2.05) is 12.1 Å². The van der Waals surface area contributed by atoms with Gasteiger partial charge in [0.15, 0.2) is 12.4 Å². The highest BCUT2D eigenvalue weighted by Gasteiger charge is 2.12. The fourth-order valence-electron chi connectivity index (χ4n) is 3.11. The van der Waals surface area contributed by atoms with E-state index in [0.29, 0.717) is 18.5 Å². The summed E-state index contributed by atoms with van der Waals surface area (Å²) >= 11 is 0. The van der Waals surface area contributed by atoms with E-state index in [0.717, 1.165) is 24.5 Å². The van der Waals surface area contributed by atoms with Crippen LogP contribution in [0.1, 0.15) is 30.4 Å². The third-order valence-corrected chi connectivity index (χ3v) is 4.73. The first-order valence-corrected chi connectivity index (χ1v) is 9.80. The van der Waals surface area contributed by atoms with Crippen molar-refractivity contribution in [1.29, 1.82) is 0 Å². The highest BCUT2D eigenvalue weighted by Crippen LogP contribution is 2.17. The number of piperidine rings is 1. The Morgan fingerprint density at radius 3 is 2.62 bits per heavy atom. The summed E-state index contributed by atoms with van der Waals surface area (Å²) in [7, 11) is 0. The number of hydrogen-bond acceptors (Lipinski definition) is 5. The molecule has 2 aromatic rings. The predicted octanol–water partition coefficient (Wildman–Crippen LogP) is 2.21. The number of rotatable bonds is 8. The van der Waals surface area contributed by atoms with Crippen molar-refractivity contribution < 1.29 is 14.0 Å². The molecule has 0 spiro atoms. The lowest BCUT2D eigenvalue weighted by Gasteiger charge is -2.27. The van der Waals surface area contributed by atoms with Crippen molar-refractivity contribution in [2.24, 2.45) is 10.9 Å². The van der Waals surface area contributed by atoms with Crippen molar-refractivity contribution in [2.45, 2.75) is 25.7 Å². The Morgan fingerprint density at radius 2 is 1.93 bits per heavy atom. The minimum Gasteiger partial charge on any atom is -0.384 e. The quantitative estimate of drug-likeness (QED) is 0.403. The van der Waals surface area contributed by atoms with Crippen LogP contribution in [0.25, 0.3) is 0 Å². The van der Waals surface area contributed by atoms with Gasteiger partial charge in [-0.1, -0.05) is 17.3 Å². The smallest absolute Gasteiger partial charge is 0.260 e. The van der Waals surface area contributed by atoms with Crippen molar-refractivity contribution in [3.8, 4) is 0 Å². The Morgan fingerprint density at radius 1 is 1.17 bits per heavy atom. The first-order valence-electron chi connectivity index (χ1n) is 9.80. The maximum Gasteiger partial charge on any atom is 0.260 e. The molecule has 29 heavy (non-hydrogen) atoms. The SMILES string of the molecule is N/C(=N\OCC(=O)NCCc1ccc(F)cc1)c1ccc(N2CCCCC2)nc1. The van der Waals surface area contributed by atoms with Gasteiger partial charge in [-0.2, -0.15) is 0 Å². The van der Waals surface area contributed by atoms with Gasteiger partial charge in [-0.25, -0.2) is 9.37 Å². The predicted molar refractivity (Wildman–Crippen MR) is 110 cm³/mol. The number of pyridine rings is 1. The van der Waals surface area contributed by atoms with E-state index < -0.39 is 0 Å². The molecule has 1 amide bonds. The van der Waals surface area contributed by atoms with Crippen LogP contribution in [0, 0.1) is 5.82 Å². The van der Waals surface area contributed by atoms with Gasteiger partial charge >= 0.3 is 0 Å². The van der Waals surface area contributed by atoms with Crippen LogP contribution in [0.2, 0.25) is 0 Å². The standard InChI is InChI=1S/C21H26FN5O2/c22-18-7-4-16(5-8-18)10-11-24-20(28)15-29-26-21(23)17-6-9-19(25-14-17)27-12-2-1-3-13-27/h4-9,14H,1-3,10-13,15H2,(H2,23,26)(H,24,28). The summed E-state index contributed by atoms with van der Waals surface area (Å²) in [5.41, 5.74) is 7.49. The molecular formula is C21H26FN5O2. The van der Waals surface area contributed by atoms with Crippen molar-refractivity contribution in [3.63, 3.8) is 0 Å². The minimum absolute atomic E-state index is 0.168. The molecule has 1 fully saturated rings. The van der Waals surface area contributed by atoms with E-state index in [2.05, 4.69) is 20.4 Å². The van der Waals surface area contributed by atoms with Crippen LogP contribution < -0.4 is 16.0 Å². The van der Waals surface area contributed by atoms with Crippen LogP contribution in [-0.4, -0.2) is 43.0 Å². The second-order valence-electron chi connectivity index (χ2n) is 6.93. The highest BCUT2D eigenvalue weighted by atomic mass is 19.1. The molecule has 3 N–H and O–H groups in total. The molecular weight excluding hydrogens is 373 g/mol. The summed E-state index contributed by atoms with van der Waals surface area (Å²) in [6.07, 6.45) is 5.91. The molecule has 0 aliphatic carbocycles. The molecule has 1 aliphatic rings. The molecule has 1 aromatic heterocycles. The zero-order chi connectivity index (χ0) is 20.5. The molecule has 0 bridgehead atoms. The monoisotopic (exact) mass is 399 g/mol. The zero-order valence-electron chi connectivity index (χ0n) is 16.3. The number of halogens is 1. The van der Waals surface area contributed by atoms with Crippen molar-refractivity contribution in [2.75, 3.05) is 31.1 Å². The second kappa shape index (κ2) is 10.4. The van der Waals surface area contributed by atoms with Gasteiger partial charge in [-0.3, -0.25) is 4.79 Å². The fourth-order valence-corrected chi connectivity index (χ4v) is 3.11. The Hall–Kier alpha value is -3.16. The number of amides is 1. The number of carbonyl (C=O) groups excluding carboxylic acids is 1. The number of nitrogens with two attached hydrogens (primary N) is 1. The van der Waals surface area contributed by atoms with Crippen LogP contribution in [-0.2, 0) is 16.1 Å². The third kappa shape index (κ3) is 6.44. The maximum absolute atomic E-state index is 12.9. The van der Waals surface area contributed by atoms with E-state index in [4.69, 9.17) is 10.6 Å². The number of nitrogens with zero attached hydrogens (tertiary/aromatic N) is 3. The van der Waals surface area contributed by atoms with E-state index in [1.165, 1.54) is 31.4 Å². The van der Waals surface area contributed by atoms with E-state index in [-0.39, 0.29) is 24.2 Å². The maximum atomic E-state index is 12.9. The molecule has 1 aromatic carbocycles. The van der Waals surface area contributed by atoms with Crippen LogP contribution in [0.4, 0.5) is 10.2 Å². The number of anilines is 1. The lowest BCUT2D eigenvalue weighted by molar-refractivity contribution is -0.125. The summed E-state index contributed by atoms with van der Waals surface area (Å²) in [4.78, 5) is 23.5. The van der Waals surface area contributed by atoms with Crippen molar-refractivity contribution >= 4 is 17.6 Å². The molecule has 1 saturated heterocycles. The van der Waals surface area contributed by atoms with Gasteiger partial charge in [0.25, 0.3) is 5.91 Å². The highest BCUT2D eigenvalue weighted by molar-refractivity contribution is 5.97. The Kier molecular flexibility index (Phi) is 7.38. The largest absolute Gasteiger partial charge is 0.384 e. The van der Waals surface area contributed by atoms with E-state index >= 15 is 0 Å². The molecule has 3 rings (SSSR count). The zero-order valence-corrected chi connectivity index (χ0v) is 16.3. The van der Waals surface area contributed by atoms with Crippen molar-refractivity contribution in [1.82, 2.24) is 10.3 Å². The summed E-state index contributed by atoms with van der Waals surface area (Å²) in [5, 5.41) is 6.51. The molecule has 0 radical (unpaired) electrons. The summed E-state index contributed by atoms with van der Waals surface area (Å²) in [5.74, 6) is 0.518. The summed E-state index contributed by atoms with van der Waals surface area (Å²) in [6.45, 7) is 2.24. The fraction of sp³-hybridized carbons (Fsp3) is 0.381. The van der Waals surface area contributed by atoms with Gasteiger partial charge in [0.1, 0.15) is 11.6 Å². The number of benzene rings is 1. The average molecular weight is 399 g/mol. The molecule has 2 heterocycles. The van der Waals surface area contributed by atoms with E-state index in [1.54, 1.807) is 18.3 Å². The van der Waals surface area contributed by atoms with Gasteiger partial charge in [0.2, 0.25) is 0 Å². The molecule has 0 atom stereocenters. The molecule has 0 saturated carbocycles. The lowest BCUT2D eigenvalue weighted by Crippen LogP contribution is -2.30. The third-order valence-electron chi connectivity index (χ3n) is 4.73. The minimum atomic E-state index is -0.303. The van der Waals surface area contributed by atoms with Gasteiger partial charge in [-0.05, 0) is 55.5 Å². The molecule has 1 aliphatic heterocycles. The van der Waals surface area contributed by atoms with Crippen LogP contribution in [0.5, 0.6) is 0 Å². The Balaban J connectivity index is 1.39. The average Bonchev–Trinajstić information content (AvgIpc) is 2.76. The number of carbonyl (C=O) groups is 1. The number of oxime groups is 1. The van der Waals surface area contributed by atoms with Crippen LogP contribution >= 0.6 is 0 Å². The first kappa shape index (κ1) is 20.6. The van der Waals surface area contributed by atoms with Crippen LogP contribution in [0.15, 0.2) is 47.8 Å². The van der Waals surface area contributed by atoms with Crippen molar-refractivity contribution in [3.05, 3.63) is 59.5 Å². The summed E-state index contributed by atoms with van der Waals surface area (Å²) < 4.78 is 12.9. The van der Waals surface area contributed by atoms with Gasteiger partial charge < -0.3 is 20.8 Å². The topological polar surface area (TPSA) is 92.8 Å². The first-order chi connectivity index (χ1) is 14.1. The van der Waals surface area contributed by atoms with Gasteiger partial charge in [0, 0.05) is 31.4 Å². The number of nitrogens with one attached hydrogen (secondary N) is 1. The molecule has 0 unspecified atom stereocenters. The number of amidine groups is 1. The normalized spacial score (nSPS) is 14.5. The summed E-state index contributed by atoms with van der Waals surface area (Å²) in [6, 6.07) is 9.94. The van der Waals surface area contributed by atoms with Gasteiger partial charge in [-0.15, -0.1) is 0 Å². The second-order valence-corrected chi connectivity index (χ2v) is 6.93. The Bertz CT molecular complexity index is 818. The Labute approximate surface area is 169 Å². The molecule has 7 nitrogen and oxygen atoms in total. The lowest BCUT2D eigenvalue weighted by atomic mass is 10.1. The van der Waals surface area contributed by atoms with E-state index in [9.17, 15) is 9.18 Å². The number of aromatic nitrogens is 1. The molecule has 8 heteroatoms. The number of hydrogen-bond donors (Lipinski definition) is 2. The molecule has 154 valence electrons. The van der Waals surface area contributed by atoms with Gasteiger partial charge in [0.05, 0.1) is 0 Å².